The van der Waals surface area contributed by atoms with E-state index in [4.69, 9.17) is 11.6 Å². The quantitative estimate of drug-likeness (QED) is 0.815. The Hall–Kier alpha value is -0.0500. The van der Waals surface area contributed by atoms with Gasteiger partial charge in [-0.1, -0.05) is 60.3 Å². The fourth-order valence-corrected chi connectivity index (χ4v) is 2.45. The SMILES string of the molecule is CC(C)CCCC(O)c1ccc(Br)cc1Cl. The number of benzene rings is 1. The lowest BCUT2D eigenvalue weighted by Gasteiger charge is -2.13. The van der Waals surface area contributed by atoms with Gasteiger partial charge in [-0.3, -0.25) is 0 Å². The maximum absolute atomic E-state index is 10.0. The van der Waals surface area contributed by atoms with Crippen LogP contribution in [0.2, 0.25) is 5.02 Å². The van der Waals surface area contributed by atoms with E-state index in [-0.39, 0.29) is 0 Å². The highest BCUT2D eigenvalue weighted by Gasteiger charge is 2.11. The molecule has 1 unspecified atom stereocenters. The lowest BCUT2D eigenvalue weighted by Crippen LogP contribution is -1.99. The molecule has 0 radical (unpaired) electrons. The molecule has 0 heterocycles. The van der Waals surface area contributed by atoms with Crippen molar-refractivity contribution in [3.63, 3.8) is 0 Å². The van der Waals surface area contributed by atoms with Gasteiger partial charge in [0.2, 0.25) is 0 Å². The molecule has 1 atom stereocenters. The zero-order valence-electron chi connectivity index (χ0n) is 9.71. The first-order valence-corrected chi connectivity index (χ1v) is 6.81. The second-order valence-electron chi connectivity index (χ2n) is 4.51. The predicted molar refractivity (Wildman–Crippen MR) is 72.8 cm³/mol. The summed E-state index contributed by atoms with van der Waals surface area (Å²) in [7, 11) is 0. The van der Waals surface area contributed by atoms with Crippen LogP contribution in [0.1, 0.15) is 44.8 Å². The van der Waals surface area contributed by atoms with Crippen molar-refractivity contribution in [1.29, 1.82) is 0 Å². The third-order valence-corrected chi connectivity index (χ3v) is 3.40. The van der Waals surface area contributed by atoms with Crippen LogP contribution < -0.4 is 0 Å². The van der Waals surface area contributed by atoms with Crippen molar-refractivity contribution in [2.45, 2.75) is 39.2 Å². The molecule has 1 aromatic rings. The van der Waals surface area contributed by atoms with Crippen LogP contribution in [0, 0.1) is 5.92 Å². The van der Waals surface area contributed by atoms with Crippen LogP contribution in [0.5, 0.6) is 0 Å². The van der Waals surface area contributed by atoms with Gasteiger partial charge >= 0.3 is 0 Å². The van der Waals surface area contributed by atoms with Gasteiger partial charge in [0.15, 0.2) is 0 Å². The van der Waals surface area contributed by atoms with Gasteiger partial charge in [0.1, 0.15) is 0 Å². The van der Waals surface area contributed by atoms with E-state index >= 15 is 0 Å². The molecule has 0 aliphatic rings. The lowest BCUT2D eigenvalue weighted by molar-refractivity contribution is 0.162. The van der Waals surface area contributed by atoms with Gasteiger partial charge < -0.3 is 5.11 Å². The second kappa shape index (κ2) is 6.63. The van der Waals surface area contributed by atoms with Gasteiger partial charge in [0.05, 0.1) is 6.10 Å². The first-order valence-electron chi connectivity index (χ1n) is 5.63. The van der Waals surface area contributed by atoms with Gasteiger partial charge in [-0.2, -0.15) is 0 Å². The van der Waals surface area contributed by atoms with Crippen molar-refractivity contribution < 1.29 is 5.11 Å². The maximum atomic E-state index is 10.0. The minimum atomic E-state index is -0.445. The number of aliphatic hydroxyl groups excluding tert-OH is 1. The normalized spacial score (nSPS) is 13.1. The largest absolute Gasteiger partial charge is 0.388 e. The Morgan fingerprint density at radius 1 is 1.31 bits per heavy atom. The Balaban J connectivity index is 2.55. The van der Waals surface area contributed by atoms with Crippen molar-refractivity contribution in [1.82, 2.24) is 0 Å². The van der Waals surface area contributed by atoms with Crippen molar-refractivity contribution >= 4 is 27.5 Å². The lowest BCUT2D eigenvalue weighted by atomic mass is 10.0. The van der Waals surface area contributed by atoms with Crippen molar-refractivity contribution in [2.75, 3.05) is 0 Å². The molecule has 16 heavy (non-hydrogen) atoms. The summed E-state index contributed by atoms with van der Waals surface area (Å²) in [6.07, 6.45) is 2.51. The Kier molecular flexibility index (Phi) is 5.81. The molecule has 3 heteroatoms. The Bertz CT molecular complexity index is 339. The molecule has 0 amide bonds. The number of hydrogen-bond donors (Lipinski definition) is 1. The summed E-state index contributed by atoms with van der Waals surface area (Å²) in [4.78, 5) is 0. The van der Waals surface area contributed by atoms with E-state index in [0.717, 1.165) is 29.3 Å². The van der Waals surface area contributed by atoms with E-state index in [1.807, 2.05) is 18.2 Å². The maximum Gasteiger partial charge on any atom is 0.0804 e. The van der Waals surface area contributed by atoms with Crippen LogP contribution in [-0.4, -0.2) is 5.11 Å². The summed E-state index contributed by atoms with van der Waals surface area (Å²) in [6, 6.07) is 5.61. The molecule has 0 saturated carbocycles. The monoisotopic (exact) mass is 304 g/mol. The fourth-order valence-electron chi connectivity index (χ4n) is 1.65. The molecule has 1 N–H and O–H groups in total. The van der Waals surface area contributed by atoms with Crippen LogP contribution in [-0.2, 0) is 0 Å². The van der Waals surface area contributed by atoms with Gasteiger partial charge in [0.25, 0.3) is 0 Å². The molecule has 0 aliphatic heterocycles. The molecule has 0 saturated heterocycles. The van der Waals surface area contributed by atoms with Crippen LogP contribution in [0.4, 0.5) is 0 Å². The fraction of sp³-hybridized carbons (Fsp3) is 0.538. The van der Waals surface area contributed by atoms with Crippen molar-refractivity contribution in [2.24, 2.45) is 5.92 Å². The summed E-state index contributed by atoms with van der Waals surface area (Å²) in [6.45, 7) is 4.39. The van der Waals surface area contributed by atoms with Crippen molar-refractivity contribution in [3.05, 3.63) is 33.3 Å². The van der Waals surface area contributed by atoms with Crippen LogP contribution in [0.15, 0.2) is 22.7 Å². The molecule has 0 aliphatic carbocycles. The highest BCUT2D eigenvalue weighted by atomic mass is 79.9. The highest BCUT2D eigenvalue weighted by Crippen LogP contribution is 2.29. The minimum absolute atomic E-state index is 0.445. The van der Waals surface area contributed by atoms with Gasteiger partial charge in [-0.05, 0) is 30.0 Å². The highest BCUT2D eigenvalue weighted by molar-refractivity contribution is 9.10. The van der Waals surface area contributed by atoms with Gasteiger partial charge in [-0.25, -0.2) is 0 Å². The number of hydrogen-bond acceptors (Lipinski definition) is 1. The van der Waals surface area contributed by atoms with Crippen LogP contribution in [0.25, 0.3) is 0 Å². The van der Waals surface area contributed by atoms with E-state index in [9.17, 15) is 5.11 Å². The Morgan fingerprint density at radius 3 is 2.56 bits per heavy atom. The van der Waals surface area contributed by atoms with E-state index < -0.39 is 6.10 Å². The van der Waals surface area contributed by atoms with Crippen LogP contribution in [0.3, 0.4) is 0 Å². The molecule has 0 bridgehead atoms. The minimum Gasteiger partial charge on any atom is -0.388 e. The molecule has 0 fully saturated rings. The average Bonchev–Trinajstić information content (AvgIpc) is 2.16. The molecular formula is C13H18BrClO. The zero-order chi connectivity index (χ0) is 12.1. The smallest absolute Gasteiger partial charge is 0.0804 e. The summed E-state index contributed by atoms with van der Waals surface area (Å²) >= 11 is 9.43. The topological polar surface area (TPSA) is 20.2 Å². The zero-order valence-corrected chi connectivity index (χ0v) is 12.1. The molecule has 0 aromatic heterocycles. The van der Waals surface area contributed by atoms with E-state index in [1.54, 1.807) is 0 Å². The molecule has 1 aromatic carbocycles. The predicted octanol–water partition coefficient (Wildman–Crippen LogP) is 4.96. The Morgan fingerprint density at radius 2 is 2.00 bits per heavy atom. The molecule has 0 spiro atoms. The number of rotatable bonds is 5. The third kappa shape index (κ3) is 4.44. The van der Waals surface area contributed by atoms with Gasteiger partial charge in [0, 0.05) is 9.50 Å². The number of halogens is 2. The molecular weight excluding hydrogens is 287 g/mol. The summed E-state index contributed by atoms with van der Waals surface area (Å²) < 4.78 is 0.940. The summed E-state index contributed by atoms with van der Waals surface area (Å²) in [5.41, 5.74) is 0.827. The summed E-state index contributed by atoms with van der Waals surface area (Å²) in [5.74, 6) is 0.688. The van der Waals surface area contributed by atoms with E-state index in [0.29, 0.717) is 10.9 Å². The molecule has 90 valence electrons. The second-order valence-corrected chi connectivity index (χ2v) is 5.83. The molecule has 1 rings (SSSR count). The average molecular weight is 306 g/mol. The van der Waals surface area contributed by atoms with Gasteiger partial charge in [-0.15, -0.1) is 0 Å². The Labute approximate surface area is 111 Å². The van der Waals surface area contributed by atoms with Crippen molar-refractivity contribution in [3.8, 4) is 0 Å². The third-order valence-electron chi connectivity index (χ3n) is 2.58. The standard InChI is InChI=1S/C13H18BrClO/c1-9(2)4-3-5-13(16)11-7-6-10(14)8-12(11)15/h6-9,13,16H,3-5H2,1-2H3. The number of aliphatic hydroxyl groups is 1. The van der Waals surface area contributed by atoms with E-state index in [1.165, 1.54) is 0 Å². The first kappa shape index (κ1) is 14.0. The molecule has 1 nitrogen and oxygen atoms in total. The van der Waals surface area contributed by atoms with E-state index in [2.05, 4.69) is 29.8 Å². The van der Waals surface area contributed by atoms with Crippen LogP contribution >= 0.6 is 27.5 Å². The summed E-state index contributed by atoms with van der Waals surface area (Å²) in [5, 5.41) is 10.6. The first-order chi connectivity index (χ1) is 7.50.